The van der Waals surface area contributed by atoms with Crippen molar-refractivity contribution in [2.45, 2.75) is 0 Å². The van der Waals surface area contributed by atoms with Crippen molar-refractivity contribution in [3.63, 3.8) is 0 Å². The van der Waals surface area contributed by atoms with Crippen LogP contribution in [0.25, 0.3) is 0 Å². The summed E-state index contributed by atoms with van der Waals surface area (Å²) < 4.78 is 8.88. The Balaban J connectivity index is -0.0000000800. The maximum atomic E-state index is 8.88. The van der Waals surface area contributed by atoms with Gasteiger partial charge in [-0.3, -0.25) is 0 Å². The zero-order chi connectivity index (χ0) is 4.50. The van der Waals surface area contributed by atoms with Crippen molar-refractivity contribution >= 4 is 7.82 Å². The third-order valence-corrected chi connectivity index (χ3v) is 0. The molecule has 0 rings (SSSR count). The highest BCUT2D eigenvalue weighted by Gasteiger charge is 2.00. The Morgan fingerprint density at radius 3 is 1.14 bits per heavy atom. The number of hydrogen-bond acceptors (Lipinski definition) is 2. The lowest BCUT2D eigenvalue weighted by molar-refractivity contribution is 0.275. The highest BCUT2D eigenvalue weighted by molar-refractivity contribution is 7.45. The molecule has 6 nitrogen and oxygen atoms in total. The first-order valence-corrected chi connectivity index (χ1v) is 2.35. The van der Waals surface area contributed by atoms with Crippen LogP contribution in [0.5, 0.6) is 0 Å². The summed E-state index contributed by atoms with van der Waals surface area (Å²) in [5.74, 6) is 0. The molecule has 0 spiro atoms. The lowest BCUT2D eigenvalue weighted by Gasteiger charge is -1.82. The Morgan fingerprint density at radius 2 is 1.14 bits per heavy atom. The Morgan fingerprint density at radius 1 is 1.14 bits per heavy atom. The smallest absolute Gasteiger partial charge is 0.412 e. The summed E-state index contributed by atoms with van der Waals surface area (Å²) in [5, 5.41) is 0. The van der Waals surface area contributed by atoms with Crippen LogP contribution < -0.4 is 6.15 Å². The largest absolute Gasteiger partial charge is 0.466 e. The van der Waals surface area contributed by atoms with Crippen molar-refractivity contribution in [3.8, 4) is 0 Å². The molecule has 0 amide bonds. The summed E-state index contributed by atoms with van der Waals surface area (Å²) in [6, 6.07) is 0. The Labute approximate surface area is 39.9 Å². The molecule has 7 heteroatoms. The van der Waals surface area contributed by atoms with Gasteiger partial charge < -0.3 is 26.3 Å². The van der Waals surface area contributed by atoms with Crippen molar-refractivity contribution < 1.29 is 24.7 Å². The van der Waals surface area contributed by atoms with E-state index in [1.54, 1.807) is 0 Å². The van der Waals surface area contributed by atoms with Gasteiger partial charge in [-0.15, -0.1) is 0 Å². The average Bonchev–Trinajstić information content (AvgIpc) is 0.722. The SMILES string of the molecule is N.O.O=P(O)(O)O. The molecule has 0 atom stereocenters. The van der Waals surface area contributed by atoms with Gasteiger partial charge in [0.2, 0.25) is 0 Å². The molecule has 0 aliphatic heterocycles. The van der Waals surface area contributed by atoms with Crippen LogP contribution in [0.2, 0.25) is 0 Å². The van der Waals surface area contributed by atoms with Gasteiger partial charge in [-0.25, -0.2) is 4.57 Å². The van der Waals surface area contributed by atoms with Crippen LogP contribution in [0.3, 0.4) is 0 Å². The second-order valence-corrected chi connectivity index (χ2v) is 1.54. The van der Waals surface area contributed by atoms with Gasteiger partial charge in [-0.2, -0.15) is 0 Å². The first kappa shape index (κ1) is 15.7. The molecule has 0 saturated carbocycles. The van der Waals surface area contributed by atoms with Crippen molar-refractivity contribution in [2.75, 3.05) is 0 Å². The third-order valence-electron chi connectivity index (χ3n) is 0. The van der Waals surface area contributed by atoms with Crippen LogP contribution >= 0.6 is 7.82 Å². The van der Waals surface area contributed by atoms with Gasteiger partial charge in [0.05, 0.1) is 0 Å². The van der Waals surface area contributed by atoms with E-state index in [2.05, 4.69) is 0 Å². The summed E-state index contributed by atoms with van der Waals surface area (Å²) >= 11 is 0. The summed E-state index contributed by atoms with van der Waals surface area (Å²) in [5.41, 5.74) is 0. The maximum absolute atomic E-state index is 8.88. The predicted molar refractivity (Wildman–Crippen MR) is 22.9 cm³/mol. The minimum absolute atomic E-state index is 0. The molecule has 0 bridgehead atoms. The monoisotopic (exact) mass is 133 g/mol. The molecule has 0 aliphatic rings. The predicted octanol–water partition coefficient (Wildman–Crippen LogP) is -1.59. The molecule has 0 radical (unpaired) electrons. The Kier molecular flexibility index (Phi) is 9.43. The fourth-order valence-corrected chi connectivity index (χ4v) is 0. The van der Waals surface area contributed by atoms with E-state index in [4.69, 9.17) is 19.2 Å². The zero-order valence-corrected chi connectivity index (χ0v) is 4.30. The summed E-state index contributed by atoms with van der Waals surface area (Å²) in [7, 11) is -4.64. The summed E-state index contributed by atoms with van der Waals surface area (Å²) in [4.78, 5) is 21.6. The molecule has 0 aliphatic carbocycles. The van der Waals surface area contributed by atoms with E-state index in [1.807, 2.05) is 0 Å². The van der Waals surface area contributed by atoms with Crippen LogP contribution in [0.15, 0.2) is 0 Å². The van der Waals surface area contributed by atoms with Gasteiger partial charge in [-0.05, 0) is 0 Å². The van der Waals surface area contributed by atoms with E-state index in [0.717, 1.165) is 0 Å². The summed E-state index contributed by atoms with van der Waals surface area (Å²) in [6.07, 6.45) is 0. The van der Waals surface area contributed by atoms with E-state index >= 15 is 0 Å². The molecule has 48 valence electrons. The second kappa shape index (κ2) is 4.20. The van der Waals surface area contributed by atoms with Crippen molar-refractivity contribution in [1.82, 2.24) is 6.15 Å². The van der Waals surface area contributed by atoms with Crippen LogP contribution in [0, 0.1) is 0 Å². The van der Waals surface area contributed by atoms with Crippen molar-refractivity contribution in [1.29, 1.82) is 0 Å². The van der Waals surface area contributed by atoms with E-state index in [0.29, 0.717) is 0 Å². The fraction of sp³-hybridized carbons (Fsp3) is 0. The molecule has 0 aromatic heterocycles. The molecule has 0 aromatic carbocycles. The van der Waals surface area contributed by atoms with Crippen LogP contribution in [0.1, 0.15) is 0 Å². The molecule has 0 aromatic rings. The Bertz CT molecular complexity index is 54.2. The first-order chi connectivity index (χ1) is 2.00. The van der Waals surface area contributed by atoms with E-state index in [-0.39, 0.29) is 11.6 Å². The standard InChI is InChI=1S/H3N.H3O4P.H2O/c;1-5(2,3)4;/h1H3;(H3,1,2,3,4);1H2. The molecule has 0 fully saturated rings. The minimum Gasteiger partial charge on any atom is -0.412 e. The number of rotatable bonds is 0. The third kappa shape index (κ3) is 109000. The normalized spacial score (nSPS) is 8.43. The van der Waals surface area contributed by atoms with Crippen molar-refractivity contribution in [2.24, 2.45) is 0 Å². The summed E-state index contributed by atoms with van der Waals surface area (Å²) in [6.45, 7) is 0. The van der Waals surface area contributed by atoms with Crippen LogP contribution in [-0.4, -0.2) is 20.2 Å². The van der Waals surface area contributed by atoms with Gasteiger partial charge in [0.1, 0.15) is 0 Å². The first-order valence-electron chi connectivity index (χ1n) is 0.783. The van der Waals surface area contributed by atoms with Gasteiger partial charge in [0, 0.05) is 0 Å². The van der Waals surface area contributed by atoms with Gasteiger partial charge in [-0.1, -0.05) is 0 Å². The van der Waals surface area contributed by atoms with Gasteiger partial charge >= 0.3 is 7.82 Å². The second-order valence-electron chi connectivity index (χ2n) is 0.513. The molecular weight excluding hydrogens is 125 g/mol. The highest BCUT2D eigenvalue weighted by Crippen LogP contribution is 2.25. The molecule has 7 heavy (non-hydrogen) atoms. The molecular formula is H8NO5P. The number of phosphoric acid groups is 1. The fourth-order valence-electron chi connectivity index (χ4n) is 0. The maximum Gasteiger partial charge on any atom is 0.466 e. The van der Waals surface area contributed by atoms with E-state index in [1.165, 1.54) is 0 Å². The van der Waals surface area contributed by atoms with Crippen LogP contribution in [-0.2, 0) is 4.57 Å². The molecule has 0 unspecified atom stereocenters. The molecule has 0 saturated heterocycles. The van der Waals surface area contributed by atoms with Gasteiger partial charge in [0.25, 0.3) is 0 Å². The lowest BCUT2D eigenvalue weighted by atomic mass is 14.0. The quantitative estimate of drug-likeness (QED) is 0.294. The Hall–Kier alpha value is 0.0300. The topological polar surface area (TPSA) is 144 Å². The van der Waals surface area contributed by atoms with Crippen LogP contribution in [0.4, 0.5) is 0 Å². The minimum atomic E-state index is -4.64. The molecule has 8 N–H and O–H groups in total. The zero-order valence-electron chi connectivity index (χ0n) is 3.40. The lowest BCUT2D eigenvalue weighted by Crippen LogP contribution is -1.66. The highest BCUT2D eigenvalue weighted by atomic mass is 31.2. The van der Waals surface area contributed by atoms with Crippen molar-refractivity contribution in [3.05, 3.63) is 0 Å². The number of hydrogen-bond donors (Lipinski definition) is 4. The average molecular weight is 133 g/mol. The molecule has 0 heterocycles. The van der Waals surface area contributed by atoms with E-state index in [9.17, 15) is 0 Å². The van der Waals surface area contributed by atoms with Gasteiger partial charge in [0.15, 0.2) is 0 Å². The van der Waals surface area contributed by atoms with E-state index < -0.39 is 7.82 Å².